The molecule has 0 spiro atoms. The zero-order valence-electron chi connectivity index (χ0n) is 14.5. The van der Waals surface area contributed by atoms with Crippen molar-refractivity contribution in [1.29, 1.82) is 0 Å². The van der Waals surface area contributed by atoms with Crippen LogP contribution in [0.3, 0.4) is 0 Å². The molecule has 0 saturated heterocycles. The van der Waals surface area contributed by atoms with Crippen LogP contribution in [0.5, 0.6) is 0 Å². The molecule has 0 radical (unpaired) electrons. The first-order chi connectivity index (χ1) is 12.8. The molecule has 10 heteroatoms. The van der Waals surface area contributed by atoms with Gasteiger partial charge >= 0.3 is 5.97 Å². The van der Waals surface area contributed by atoms with E-state index in [0.717, 1.165) is 11.5 Å². The molecule has 27 heavy (non-hydrogen) atoms. The number of benzene rings is 1. The highest BCUT2D eigenvalue weighted by Gasteiger charge is 2.17. The molecule has 0 aliphatic carbocycles. The Bertz CT molecular complexity index is 1270. The normalized spacial score (nSPS) is 11.5. The summed E-state index contributed by atoms with van der Waals surface area (Å²) in [4.78, 5) is 30.4. The van der Waals surface area contributed by atoms with E-state index in [0.29, 0.717) is 27.6 Å². The molecule has 3 heterocycles. The lowest BCUT2D eigenvalue weighted by atomic mass is 10.2. The van der Waals surface area contributed by atoms with Crippen molar-refractivity contribution >= 4 is 34.3 Å². The molecule has 4 aromatic rings. The maximum atomic E-state index is 12.3. The van der Waals surface area contributed by atoms with E-state index < -0.39 is 11.5 Å². The van der Waals surface area contributed by atoms with Crippen LogP contribution in [0.1, 0.15) is 23.8 Å². The maximum Gasteiger partial charge on any atom is 0.303 e. The number of fused-ring (bicyclic) bond motifs is 3. The molecular weight excluding hydrogens is 372 g/mol. The van der Waals surface area contributed by atoms with Crippen LogP contribution in [-0.4, -0.2) is 40.2 Å². The zero-order chi connectivity index (χ0) is 19.3. The van der Waals surface area contributed by atoms with Crippen molar-refractivity contribution in [3.63, 3.8) is 0 Å². The van der Waals surface area contributed by atoms with Crippen molar-refractivity contribution in [1.82, 2.24) is 29.1 Å². The summed E-state index contributed by atoms with van der Waals surface area (Å²) >= 11 is 6.45. The van der Waals surface area contributed by atoms with E-state index in [-0.39, 0.29) is 18.5 Å². The molecule has 0 amide bonds. The third-order valence-corrected chi connectivity index (χ3v) is 4.61. The highest BCUT2D eigenvalue weighted by molar-refractivity contribution is 6.33. The second kappa shape index (κ2) is 6.20. The van der Waals surface area contributed by atoms with Gasteiger partial charge in [-0.1, -0.05) is 11.6 Å². The minimum Gasteiger partial charge on any atom is -0.481 e. The van der Waals surface area contributed by atoms with Gasteiger partial charge in [0, 0.05) is 12.6 Å². The Kier molecular flexibility index (Phi) is 3.96. The van der Waals surface area contributed by atoms with Crippen molar-refractivity contribution < 1.29 is 9.90 Å². The molecule has 0 fully saturated rings. The van der Waals surface area contributed by atoms with Crippen LogP contribution in [-0.2, 0) is 11.2 Å². The number of aromatic nitrogens is 6. The van der Waals surface area contributed by atoms with Crippen molar-refractivity contribution in [2.75, 3.05) is 0 Å². The third-order valence-electron chi connectivity index (χ3n) is 4.31. The lowest BCUT2D eigenvalue weighted by Gasteiger charge is -2.11. The van der Waals surface area contributed by atoms with Crippen LogP contribution >= 0.6 is 11.6 Å². The van der Waals surface area contributed by atoms with E-state index in [2.05, 4.69) is 20.2 Å². The summed E-state index contributed by atoms with van der Waals surface area (Å²) in [5.41, 5.74) is 2.35. The van der Waals surface area contributed by atoms with Crippen molar-refractivity contribution in [2.24, 2.45) is 0 Å². The average molecular weight is 387 g/mol. The van der Waals surface area contributed by atoms with E-state index in [1.54, 1.807) is 10.5 Å². The number of aryl methyl sites for hydroxylation is 3. The van der Waals surface area contributed by atoms with Crippen LogP contribution in [0.2, 0.25) is 5.02 Å². The molecule has 0 saturated carbocycles. The first-order valence-corrected chi connectivity index (χ1v) is 8.57. The summed E-state index contributed by atoms with van der Waals surface area (Å²) in [5.74, 6) is 0.216. The summed E-state index contributed by atoms with van der Waals surface area (Å²) in [6.07, 6.45) is 1.90. The number of halogens is 1. The largest absolute Gasteiger partial charge is 0.481 e. The summed E-state index contributed by atoms with van der Waals surface area (Å²) in [6, 6.07) is 3.46. The van der Waals surface area contributed by atoms with E-state index in [1.165, 1.54) is 0 Å². The number of carboxylic acid groups (broad SMARTS) is 1. The number of nitrogens with one attached hydrogen (secondary N) is 1. The Balaban J connectivity index is 2.03. The molecule has 4 rings (SSSR count). The lowest BCUT2D eigenvalue weighted by Crippen LogP contribution is -2.13. The topological polar surface area (TPSA) is 118 Å². The molecule has 9 nitrogen and oxygen atoms in total. The Morgan fingerprint density at radius 1 is 1.30 bits per heavy atom. The minimum absolute atomic E-state index is 0.106. The van der Waals surface area contributed by atoms with Crippen LogP contribution in [0.4, 0.5) is 0 Å². The van der Waals surface area contributed by atoms with Gasteiger partial charge in [0.05, 0.1) is 33.9 Å². The Labute approximate surface area is 157 Å². The fourth-order valence-electron chi connectivity index (χ4n) is 3.16. The highest BCUT2D eigenvalue weighted by Crippen LogP contribution is 2.27. The van der Waals surface area contributed by atoms with Gasteiger partial charge in [-0.3, -0.25) is 14.0 Å². The standard InChI is InChI=1S/C17H15ClN6O3/c1-8-7-23(9(2)19-8)12-6-13-11(5-10(12)18)20-17(27)16-22-21-14(24(13)16)3-4-15(25)26/h5-7H,3-4H2,1-2H3,(H,20,27)(H,25,26). The Morgan fingerprint density at radius 3 is 2.74 bits per heavy atom. The van der Waals surface area contributed by atoms with Gasteiger partial charge in [-0.2, -0.15) is 0 Å². The van der Waals surface area contributed by atoms with Crippen molar-refractivity contribution in [2.45, 2.75) is 26.7 Å². The second-order valence-corrected chi connectivity index (χ2v) is 6.65. The van der Waals surface area contributed by atoms with Crippen LogP contribution in [0.25, 0.3) is 22.4 Å². The van der Waals surface area contributed by atoms with Gasteiger partial charge < -0.3 is 14.7 Å². The molecule has 138 valence electrons. The summed E-state index contributed by atoms with van der Waals surface area (Å²) in [7, 11) is 0. The molecule has 0 bridgehead atoms. The number of rotatable bonds is 4. The number of hydrogen-bond acceptors (Lipinski definition) is 5. The number of H-pyrrole nitrogens is 1. The average Bonchev–Trinajstić information content (AvgIpc) is 3.16. The molecule has 0 aliphatic heterocycles. The number of aliphatic carboxylic acids is 1. The molecule has 3 aromatic heterocycles. The minimum atomic E-state index is -0.950. The molecule has 0 atom stereocenters. The summed E-state index contributed by atoms with van der Waals surface area (Å²) in [6.45, 7) is 3.75. The van der Waals surface area contributed by atoms with Crippen molar-refractivity contribution in [3.8, 4) is 5.69 Å². The molecular formula is C17H15ClN6O3. The van der Waals surface area contributed by atoms with E-state index in [1.807, 2.05) is 30.7 Å². The van der Waals surface area contributed by atoms with E-state index >= 15 is 0 Å². The molecule has 0 unspecified atom stereocenters. The van der Waals surface area contributed by atoms with Crippen LogP contribution in [0, 0.1) is 13.8 Å². The quantitative estimate of drug-likeness (QED) is 0.554. The third kappa shape index (κ3) is 2.85. The monoisotopic (exact) mass is 386 g/mol. The van der Waals surface area contributed by atoms with Gasteiger partial charge in [0.15, 0.2) is 0 Å². The lowest BCUT2D eigenvalue weighted by molar-refractivity contribution is -0.137. The number of nitrogens with zero attached hydrogens (tertiary/aromatic N) is 5. The summed E-state index contributed by atoms with van der Waals surface area (Å²) < 4.78 is 3.44. The number of hydrogen-bond donors (Lipinski definition) is 2. The van der Waals surface area contributed by atoms with Gasteiger partial charge in [-0.15, -0.1) is 10.2 Å². The number of imidazole rings is 1. The fraction of sp³-hybridized carbons (Fsp3) is 0.235. The van der Waals surface area contributed by atoms with Crippen LogP contribution in [0.15, 0.2) is 23.1 Å². The molecule has 1 aromatic carbocycles. The zero-order valence-corrected chi connectivity index (χ0v) is 15.3. The summed E-state index contributed by atoms with van der Waals surface area (Å²) in [5, 5.41) is 17.3. The van der Waals surface area contributed by atoms with Gasteiger partial charge in [-0.25, -0.2) is 4.98 Å². The maximum absolute atomic E-state index is 12.3. The first-order valence-electron chi connectivity index (χ1n) is 8.19. The number of carbonyl (C=O) groups is 1. The number of aromatic amines is 1. The van der Waals surface area contributed by atoms with E-state index in [9.17, 15) is 9.59 Å². The Morgan fingerprint density at radius 2 is 2.07 bits per heavy atom. The predicted octanol–water partition coefficient (Wildman–Crippen LogP) is 2.04. The highest BCUT2D eigenvalue weighted by atomic mass is 35.5. The first kappa shape index (κ1) is 17.2. The second-order valence-electron chi connectivity index (χ2n) is 6.24. The van der Waals surface area contributed by atoms with Crippen molar-refractivity contribution in [3.05, 3.63) is 51.0 Å². The van der Waals surface area contributed by atoms with Gasteiger partial charge in [-0.05, 0) is 26.0 Å². The molecule has 0 aliphatic rings. The van der Waals surface area contributed by atoms with Gasteiger partial charge in [0.25, 0.3) is 5.56 Å². The Hall–Kier alpha value is -3.20. The van der Waals surface area contributed by atoms with E-state index in [4.69, 9.17) is 16.7 Å². The SMILES string of the molecule is Cc1cn(-c2cc3c(cc2Cl)[nH]c(=O)c2nnc(CCC(=O)O)n23)c(C)n1. The fourth-order valence-corrected chi connectivity index (χ4v) is 3.41. The van der Waals surface area contributed by atoms with Gasteiger partial charge in [0.1, 0.15) is 11.6 Å². The smallest absolute Gasteiger partial charge is 0.303 e. The van der Waals surface area contributed by atoms with Crippen LogP contribution < -0.4 is 5.56 Å². The van der Waals surface area contributed by atoms with Gasteiger partial charge in [0.2, 0.25) is 5.65 Å². The molecule has 2 N–H and O–H groups in total. The predicted molar refractivity (Wildman–Crippen MR) is 98.7 cm³/mol. The number of carboxylic acids is 1.